The molecule has 17 heavy (non-hydrogen) atoms. The molecule has 0 atom stereocenters. The van der Waals surface area contributed by atoms with Gasteiger partial charge < -0.3 is 15.8 Å². The van der Waals surface area contributed by atoms with E-state index < -0.39 is 0 Å². The van der Waals surface area contributed by atoms with Gasteiger partial charge in [0, 0.05) is 18.3 Å². The van der Waals surface area contributed by atoms with Gasteiger partial charge in [-0.1, -0.05) is 13.0 Å². The van der Waals surface area contributed by atoms with Crippen LogP contribution in [-0.4, -0.2) is 19.2 Å². The summed E-state index contributed by atoms with van der Waals surface area (Å²) in [5.41, 5.74) is 8.37. The number of benzene rings is 1. The molecular weight excluding hydrogens is 212 g/mol. The van der Waals surface area contributed by atoms with Gasteiger partial charge in [-0.3, -0.25) is 0 Å². The van der Waals surface area contributed by atoms with Crippen molar-refractivity contribution in [2.45, 2.75) is 32.2 Å². The third-order valence-corrected chi connectivity index (χ3v) is 3.71. The van der Waals surface area contributed by atoms with Crippen molar-refractivity contribution in [3.8, 4) is 5.75 Å². The number of nitrogens with two attached hydrogens (primary N) is 1. The molecule has 1 aliphatic rings. The van der Waals surface area contributed by atoms with Crippen LogP contribution in [0.1, 0.15) is 25.3 Å². The highest BCUT2D eigenvalue weighted by Gasteiger charge is 2.40. The summed E-state index contributed by atoms with van der Waals surface area (Å²) >= 11 is 0. The van der Waals surface area contributed by atoms with Crippen LogP contribution in [0.4, 0.5) is 5.69 Å². The minimum absolute atomic E-state index is 0.0938. The maximum absolute atomic E-state index is 5.91. The maximum Gasteiger partial charge on any atom is 0.120 e. The van der Waals surface area contributed by atoms with Crippen LogP contribution in [0, 0.1) is 12.8 Å². The molecule has 0 bridgehead atoms. The van der Waals surface area contributed by atoms with Crippen molar-refractivity contribution in [1.82, 2.24) is 0 Å². The first-order valence-corrected chi connectivity index (χ1v) is 6.21. The van der Waals surface area contributed by atoms with E-state index in [9.17, 15) is 0 Å². The SMILES string of the molecule is COc1ccc(C)c(NC2(CN)CC(C)C2)c1. The minimum Gasteiger partial charge on any atom is -0.497 e. The molecule has 0 unspecified atom stereocenters. The van der Waals surface area contributed by atoms with E-state index in [0.717, 1.165) is 30.2 Å². The zero-order valence-electron chi connectivity index (χ0n) is 10.9. The first kappa shape index (κ1) is 12.2. The maximum atomic E-state index is 5.91. The molecule has 0 saturated heterocycles. The lowest BCUT2D eigenvalue weighted by atomic mass is 9.69. The number of rotatable bonds is 4. The Kier molecular flexibility index (Phi) is 3.29. The van der Waals surface area contributed by atoms with Crippen molar-refractivity contribution in [3.05, 3.63) is 23.8 Å². The first-order valence-electron chi connectivity index (χ1n) is 6.21. The van der Waals surface area contributed by atoms with Crippen LogP contribution in [0.25, 0.3) is 0 Å². The Hall–Kier alpha value is -1.22. The standard InChI is InChI=1S/C14H22N2O/c1-10-7-14(8-10,9-15)16-13-6-12(17-3)5-4-11(13)2/h4-6,10,16H,7-9,15H2,1-3H3. The van der Waals surface area contributed by atoms with E-state index in [4.69, 9.17) is 10.5 Å². The van der Waals surface area contributed by atoms with E-state index in [1.165, 1.54) is 5.56 Å². The van der Waals surface area contributed by atoms with Gasteiger partial charge in [-0.15, -0.1) is 0 Å². The normalized spacial score (nSPS) is 27.4. The molecule has 0 radical (unpaired) electrons. The van der Waals surface area contributed by atoms with Gasteiger partial charge in [0.1, 0.15) is 5.75 Å². The number of methoxy groups -OCH3 is 1. The number of aryl methyl sites for hydroxylation is 1. The predicted octanol–water partition coefficient (Wildman–Crippen LogP) is 2.54. The van der Waals surface area contributed by atoms with Gasteiger partial charge in [0.05, 0.1) is 12.6 Å². The molecule has 0 aromatic heterocycles. The Balaban J connectivity index is 2.17. The highest BCUT2D eigenvalue weighted by molar-refractivity contribution is 5.56. The summed E-state index contributed by atoms with van der Waals surface area (Å²) in [5, 5.41) is 3.61. The fourth-order valence-corrected chi connectivity index (χ4v) is 2.74. The molecule has 1 aromatic rings. The Bertz CT molecular complexity index is 397. The quantitative estimate of drug-likeness (QED) is 0.841. The van der Waals surface area contributed by atoms with Crippen LogP contribution in [0.3, 0.4) is 0 Å². The zero-order chi connectivity index (χ0) is 12.5. The average Bonchev–Trinajstić information content (AvgIpc) is 2.29. The molecule has 3 heteroatoms. The summed E-state index contributed by atoms with van der Waals surface area (Å²) in [6.45, 7) is 5.07. The molecule has 2 rings (SSSR count). The van der Waals surface area contributed by atoms with Gasteiger partial charge in [0.25, 0.3) is 0 Å². The topological polar surface area (TPSA) is 47.3 Å². The Labute approximate surface area is 103 Å². The fourth-order valence-electron chi connectivity index (χ4n) is 2.74. The third kappa shape index (κ3) is 2.39. The molecule has 0 aliphatic heterocycles. The van der Waals surface area contributed by atoms with Crippen LogP contribution >= 0.6 is 0 Å². The van der Waals surface area contributed by atoms with Crippen molar-refractivity contribution in [1.29, 1.82) is 0 Å². The lowest BCUT2D eigenvalue weighted by Crippen LogP contribution is -2.55. The highest BCUT2D eigenvalue weighted by atomic mass is 16.5. The molecule has 0 spiro atoms. The van der Waals surface area contributed by atoms with E-state index in [2.05, 4.69) is 31.3 Å². The number of ether oxygens (including phenoxy) is 1. The van der Waals surface area contributed by atoms with Crippen LogP contribution < -0.4 is 15.8 Å². The second kappa shape index (κ2) is 4.57. The number of hydrogen-bond donors (Lipinski definition) is 2. The van der Waals surface area contributed by atoms with Crippen LogP contribution in [0.2, 0.25) is 0 Å². The van der Waals surface area contributed by atoms with E-state index in [0.29, 0.717) is 6.54 Å². The second-order valence-electron chi connectivity index (χ2n) is 5.30. The third-order valence-electron chi connectivity index (χ3n) is 3.71. The van der Waals surface area contributed by atoms with Crippen molar-refractivity contribution in [2.24, 2.45) is 11.7 Å². The number of anilines is 1. The largest absolute Gasteiger partial charge is 0.497 e. The lowest BCUT2D eigenvalue weighted by Gasteiger charge is -2.47. The molecule has 1 aliphatic carbocycles. The molecular formula is C14H22N2O. The molecule has 0 heterocycles. The summed E-state index contributed by atoms with van der Waals surface area (Å²) in [7, 11) is 1.69. The van der Waals surface area contributed by atoms with E-state index in [-0.39, 0.29) is 5.54 Å². The molecule has 3 N–H and O–H groups in total. The Morgan fingerprint density at radius 2 is 2.18 bits per heavy atom. The van der Waals surface area contributed by atoms with Crippen LogP contribution in [0.15, 0.2) is 18.2 Å². The van der Waals surface area contributed by atoms with Gasteiger partial charge in [-0.25, -0.2) is 0 Å². The van der Waals surface area contributed by atoms with Crippen LogP contribution in [-0.2, 0) is 0 Å². The molecule has 3 nitrogen and oxygen atoms in total. The Morgan fingerprint density at radius 3 is 2.71 bits per heavy atom. The summed E-state index contributed by atoms with van der Waals surface area (Å²) in [6.07, 6.45) is 2.31. The van der Waals surface area contributed by atoms with Gasteiger partial charge >= 0.3 is 0 Å². The zero-order valence-corrected chi connectivity index (χ0v) is 10.9. The van der Waals surface area contributed by atoms with Gasteiger partial charge in [0.15, 0.2) is 0 Å². The Morgan fingerprint density at radius 1 is 1.47 bits per heavy atom. The lowest BCUT2D eigenvalue weighted by molar-refractivity contribution is 0.193. The van der Waals surface area contributed by atoms with E-state index in [1.54, 1.807) is 7.11 Å². The van der Waals surface area contributed by atoms with Gasteiger partial charge in [-0.2, -0.15) is 0 Å². The summed E-state index contributed by atoms with van der Waals surface area (Å²) in [6, 6.07) is 6.11. The van der Waals surface area contributed by atoms with Gasteiger partial charge in [-0.05, 0) is 37.3 Å². The van der Waals surface area contributed by atoms with E-state index in [1.807, 2.05) is 6.07 Å². The highest BCUT2D eigenvalue weighted by Crippen LogP contribution is 2.40. The number of nitrogens with one attached hydrogen (secondary N) is 1. The molecule has 1 aromatic carbocycles. The monoisotopic (exact) mass is 234 g/mol. The van der Waals surface area contributed by atoms with Crippen molar-refractivity contribution >= 4 is 5.69 Å². The smallest absolute Gasteiger partial charge is 0.120 e. The fraction of sp³-hybridized carbons (Fsp3) is 0.571. The molecule has 0 amide bonds. The molecule has 94 valence electrons. The average molecular weight is 234 g/mol. The molecule has 1 fully saturated rings. The molecule has 1 saturated carbocycles. The summed E-state index contributed by atoms with van der Waals surface area (Å²) in [4.78, 5) is 0. The first-order chi connectivity index (χ1) is 8.08. The van der Waals surface area contributed by atoms with Crippen molar-refractivity contribution in [2.75, 3.05) is 19.0 Å². The van der Waals surface area contributed by atoms with Crippen molar-refractivity contribution in [3.63, 3.8) is 0 Å². The second-order valence-corrected chi connectivity index (χ2v) is 5.30. The van der Waals surface area contributed by atoms with E-state index >= 15 is 0 Å². The van der Waals surface area contributed by atoms with Crippen LogP contribution in [0.5, 0.6) is 5.75 Å². The van der Waals surface area contributed by atoms with Crippen molar-refractivity contribution < 1.29 is 4.74 Å². The minimum atomic E-state index is 0.0938. The predicted molar refractivity (Wildman–Crippen MR) is 71.5 cm³/mol. The summed E-state index contributed by atoms with van der Waals surface area (Å²) in [5.74, 6) is 1.66. The summed E-state index contributed by atoms with van der Waals surface area (Å²) < 4.78 is 5.26. The van der Waals surface area contributed by atoms with Gasteiger partial charge in [0.2, 0.25) is 0 Å². The number of hydrogen-bond acceptors (Lipinski definition) is 3.